The highest BCUT2D eigenvalue weighted by Crippen LogP contribution is 2.31. The molecule has 0 spiro atoms. The number of aromatic amines is 1. The van der Waals surface area contributed by atoms with Crippen molar-refractivity contribution in [2.24, 2.45) is 14.1 Å². The Morgan fingerprint density at radius 2 is 2.00 bits per heavy atom. The maximum absolute atomic E-state index is 13.0. The van der Waals surface area contributed by atoms with Gasteiger partial charge < -0.3 is 4.74 Å². The largest absolute Gasteiger partial charge is 0.458 e. The Bertz CT molecular complexity index is 1240. The molecule has 28 heavy (non-hydrogen) atoms. The first kappa shape index (κ1) is 19.6. The van der Waals surface area contributed by atoms with E-state index in [1.807, 2.05) is 0 Å². The number of benzene rings is 1. The van der Waals surface area contributed by atoms with Gasteiger partial charge in [-0.1, -0.05) is 36.4 Å². The summed E-state index contributed by atoms with van der Waals surface area (Å²) in [5, 5.41) is 0.645. The first-order valence-electron chi connectivity index (χ1n) is 8.47. The lowest BCUT2D eigenvalue weighted by atomic mass is 9.96. The summed E-state index contributed by atoms with van der Waals surface area (Å²) in [4.78, 5) is 41.2. The smallest absolute Gasteiger partial charge is 0.417 e. The van der Waals surface area contributed by atoms with Crippen LogP contribution >= 0.6 is 11.6 Å². The van der Waals surface area contributed by atoms with Crippen molar-refractivity contribution >= 4 is 28.6 Å². The van der Waals surface area contributed by atoms with Crippen LogP contribution in [-0.2, 0) is 18.8 Å². The molecule has 2 aromatic heterocycles. The Balaban J connectivity index is 2.56. The molecule has 1 N–H and O–H groups in total. The highest BCUT2D eigenvalue weighted by Gasteiger charge is 2.28. The van der Waals surface area contributed by atoms with Crippen LogP contribution in [-0.4, -0.2) is 21.7 Å². The number of nitrogens with one attached hydrogen (secondary N) is 1. The summed E-state index contributed by atoms with van der Waals surface area (Å²) < 4.78 is 7.56. The predicted molar refractivity (Wildman–Crippen MR) is 107 cm³/mol. The third-order valence-electron chi connectivity index (χ3n) is 4.50. The molecule has 3 rings (SSSR count). The molecule has 0 unspecified atom stereocenters. The molecule has 0 radical (unpaired) electrons. The molecule has 0 fully saturated rings. The van der Waals surface area contributed by atoms with E-state index < -0.39 is 17.2 Å². The number of nitrogens with zero attached hydrogens (tertiary/aromatic N) is 2. The number of carbonyl (C=O) groups excluding carboxylic acids is 1. The highest BCUT2D eigenvalue weighted by molar-refractivity contribution is 6.31. The van der Waals surface area contributed by atoms with Crippen LogP contribution in [0.15, 0.2) is 46.5 Å². The molecular formula is C20H19ClN3O4+. The van der Waals surface area contributed by atoms with E-state index in [0.29, 0.717) is 27.5 Å². The van der Waals surface area contributed by atoms with E-state index in [0.717, 1.165) is 4.57 Å². The Labute approximate surface area is 165 Å². The number of carbonyl (C=O) groups is 1. The molecule has 0 aliphatic rings. The van der Waals surface area contributed by atoms with Crippen LogP contribution in [0.25, 0.3) is 22.2 Å². The molecule has 0 aliphatic carbocycles. The number of fused-ring (bicyclic) bond motifs is 1. The predicted octanol–water partition coefficient (Wildman–Crippen LogP) is 2.02. The maximum atomic E-state index is 13.0. The summed E-state index contributed by atoms with van der Waals surface area (Å²) in [6.07, 6.45) is 1.46. The van der Waals surface area contributed by atoms with Crippen LogP contribution in [0, 0.1) is 6.92 Å². The van der Waals surface area contributed by atoms with Crippen molar-refractivity contribution in [1.82, 2.24) is 9.13 Å². The second-order valence-corrected chi connectivity index (χ2v) is 6.76. The first-order chi connectivity index (χ1) is 13.3. The summed E-state index contributed by atoms with van der Waals surface area (Å²) in [6.45, 7) is 5.25. The fourth-order valence-electron chi connectivity index (χ4n) is 3.16. The van der Waals surface area contributed by atoms with Crippen molar-refractivity contribution in [2.45, 2.75) is 6.92 Å². The van der Waals surface area contributed by atoms with Gasteiger partial charge in [-0.05, 0) is 24.6 Å². The lowest BCUT2D eigenvalue weighted by molar-refractivity contribution is -0.359. The van der Waals surface area contributed by atoms with Crippen molar-refractivity contribution in [2.75, 3.05) is 6.61 Å². The molecule has 3 aromatic rings. The lowest BCUT2D eigenvalue weighted by Gasteiger charge is -2.14. The molecule has 0 aliphatic heterocycles. The highest BCUT2D eigenvalue weighted by atomic mass is 35.5. The molecule has 0 saturated heterocycles. The number of H-pyrrole nitrogens is 1. The van der Waals surface area contributed by atoms with Gasteiger partial charge in [0.25, 0.3) is 11.2 Å². The number of esters is 1. The number of hydrogen-bond acceptors (Lipinski definition) is 4. The fourth-order valence-corrected chi connectivity index (χ4v) is 3.35. The molecule has 0 saturated carbocycles. The lowest BCUT2D eigenvalue weighted by Crippen LogP contribution is -2.40. The Morgan fingerprint density at radius 3 is 2.64 bits per heavy atom. The zero-order valence-corrected chi connectivity index (χ0v) is 16.5. The number of pyridine rings is 1. The molecular weight excluding hydrogens is 382 g/mol. The molecule has 2 heterocycles. The molecule has 0 atom stereocenters. The number of ether oxygens (including phenoxy) is 1. The van der Waals surface area contributed by atoms with Gasteiger partial charge in [0.2, 0.25) is 0 Å². The standard InChI is InChI=1S/C20H18ClN3O4/c1-5-9-28-19(26)14-11(2)22-17-16(18(25)24(4)20(27)23(17)3)15(14)12-7-6-8-13(21)10-12/h5-8,10H,1,9H2,2-4H3/p+1. The van der Waals surface area contributed by atoms with E-state index in [9.17, 15) is 14.4 Å². The van der Waals surface area contributed by atoms with Gasteiger partial charge >= 0.3 is 11.7 Å². The van der Waals surface area contributed by atoms with Gasteiger partial charge in [-0.3, -0.25) is 4.79 Å². The van der Waals surface area contributed by atoms with Gasteiger partial charge in [0.15, 0.2) is 0 Å². The number of rotatable bonds is 4. The monoisotopic (exact) mass is 400 g/mol. The summed E-state index contributed by atoms with van der Waals surface area (Å²) in [5.74, 6) is -0.610. The second kappa shape index (κ2) is 7.44. The molecule has 8 heteroatoms. The van der Waals surface area contributed by atoms with Crippen molar-refractivity contribution in [3.63, 3.8) is 0 Å². The number of aromatic nitrogens is 3. The third-order valence-corrected chi connectivity index (χ3v) is 4.73. The molecule has 1 aromatic carbocycles. The minimum Gasteiger partial charge on any atom is -0.458 e. The van der Waals surface area contributed by atoms with E-state index >= 15 is 0 Å². The van der Waals surface area contributed by atoms with Crippen LogP contribution < -0.4 is 16.2 Å². The van der Waals surface area contributed by atoms with Crippen molar-refractivity contribution in [3.05, 3.63) is 74.0 Å². The maximum Gasteiger partial charge on any atom is 0.417 e. The summed E-state index contributed by atoms with van der Waals surface area (Å²) in [6, 6.07) is 6.82. The summed E-state index contributed by atoms with van der Waals surface area (Å²) in [7, 11) is 2.94. The van der Waals surface area contributed by atoms with Gasteiger partial charge in [0, 0.05) is 17.6 Å². The van der Waals surface area contributed by atoms with Gasteiger partial charge in [-0.25, -0.2) is 19.1 Å². The van der Waals surface area contributed by atoms with Crippen LogP contribution in [0.2, 0.25) is 5.02 Å². The van der Waals surface area contributed by atoms with E-state index in [2.05, 4.69) is 11.6 Å². The first-order valence-corrected chi connectivity index (χ1v) is 8.85. The van der Waals surface area contributed by atoms with Gasteiger partial charge in [0.1, 0.15) is 23.3 Å². The normalized spacial score (nSPS) is 10.9. The zero-order chi connectivity index (χ0) is 20.6. The van der Waals surface area contributed by atoms with E-state index in [4.69, 9.17) is 16.3 Å². The van der Waals surface area contributed by atoms with Crippen LogP contribution in [0.3, 0.4) is 0 Å². The van der Waals surface area contributed by atoms with Crippen LogP contribution in [0.1, 0.15) is 16.1 Å². The minimum absolute atomic E-state index is 0.0244. The summed E-state index contributed by atoms with van der Waals surface area (Å²) >= 11 is 6.15. The zero-order valence-electron chi connectivity index (χ0n) is 15.7. The average Bonchev–Trinajstić information content (AvgIpc) is 2.67. The quantitative estimate of drug-likeness (QED) is 0.495. The molecule has 0 bridgehead atoms. The van der Waals surface area contributed by atoms with Crippen molar-refractivity contribution in [3.8, 4) is 11.1 Å². The topological polar surface area (TPSA) is 84.4 Å². The van der Waals surface area contributed by atoms with Crippen molar-refractivity contribution in [1.29, 1.82) is 0 Å². The van der Waals surface area contributed by atoms with Crippen LogP contribution in [0.4, 0.5) is 0 Å². The Hall–Kier alpha value is -3.19. The van der Waals surface area contributed by atoms with Gasteiger partial charge in [-0.15, -0.1) is 0 Å². The molecule has 144 valence electrons. The number of hydrogen-bond donors (Lipinski definition) is 0. The van der Waals surface area contributed by atoms with Gasteiger partial charge in [-0.2, -0.15) is 4.57 Å². The average molecular weight is 401 g/mol. The molecule has 7 nitrogen and oxygen atoms in total. The molecule has 0 amide bonds. The van der Waals surface area contributed by atoms with Crippen LogP contribution in [0.5, 0.6) is 0 Å². The van der Waals surface area contributed by atoms with Crippen molar-refractivity contribution < 1.29 is 14.5 Å². The fraction of sp³-hybridized carbons (Fsp3) is 0.200. The minimum atomic E-state index is -0.610. The second-order valence-electron chi connectivity index (χ2n) is 6.33. The Morgan fingerprint density at radius 1 is 1.29 bits per heavy atom. The third kappa shape index (κ3) is 3.14. The number of halogens is 1. The Kier molecular flexibility index (Phi) is 5.20. The van der Waals surface area contributed by atoms with E-state index in [-0.39, 0.29) is 17.6 Å². The number of aryl methyl sites for hydroxylation is 2. The van der Waals surface area contributed by atoms with E-state index in [1.54, 1.807) is 38.2 Å². The van der Waals surface area contributed by atoms with E-state index in [1.165, 1.54) is 17.7 Å². The van der Waals surface area contributed by atoms with Gasteiger partial charge in [0.05, 0.1) is 7.05 Å². The SMILES string of the molecule is C=CCOC(=O)c1c(C)[nH+]c2c(c1-c1cccc(Cl)c1)c(=O)n(C)c(=O)n2C. The summed E-state index contributed by atoms with van der Waals surface area (Å²) in [5.41, 5.74) is 0.886.